The van der Waals surface area contributed by atoms with Crippen molar-refractivity contribution < 1.29 is 4.74 Å². The van der Waals surface area contributed by atoms with E-state index in [1.54, 1.807) is 11.3 Å². The van der Waals surface area contributed by atoms with Crippen molar-refractivity contribution in [3.63, 3.8) is 0 Å². The van der Waals surface area contributed by atoms with Crippen molar-refractivity contribution in [2.45, 2.75) is 13.0 Å². The predicted molar refractivity (Wildman–Crippen MR) is 68.5 cm³/mol. The Bertz CT molecular complexity index is 408. The molecular weight excluding hydrogens is 218 g/mol. The summed E-state index contributed by atoms with van der Waals surface area (Å²) in [6, 6.07) is 9.94. The Morgan fingerprint density at radius 3 is 2.56 bits per heavy atom. The van der Waals surface area contributed by atoms with Gasteiger partial charge in [-0.15, -0.1) is 0 Å². The zero-order valence-electron chi connectivity index (χ0n) is 9.06. The first-order valence-electron chi connectivity index (χ1n) is 5.28. The van der Waals surface area contributed by atoms with Crippen LogP contribution >= 0.6 is 11.3 Å². The van der Waals surface area contributed by atoms with E-state index in [9.17, 15) is 0 Å². The second-order valence-electron chi connectivity index (χ2n) is 3.68. The van der Waals surface area contributed by atoms with Gasteiger partial charge >= 0.3 is 0 Å². The van der Waals surface area contributed by atoms with Crippen LogP contribution in [0.15, 0.2) is 41.1 Å². The van der Waals surface area contributed by atoms with Crippen LogP contribution in [0.2, 0.25) is 0 Å². The fourth-order valence-corrected chi connectivity index (χ4v) is 2.13. The van der Waals surface area contributed by atoms with Crippen LogP contribution in [0, 0.1) is 0 Å². The SMILES string of the molecule is Nc1ccc(COCCc2ccsc2)cc1. The van der Waals surface area contributed by atoms with E-state index in [0.717, 1.165) is 18.7 Å². The van der Waals surface area contributed by atoms with E-state index in [-0.39, 0.29) is 0 Å². The molecule has 0 saturated heterocycles. The highest BCUT2D eigenvalue weighted by molar-refractivity contribution is 7.07. The molecule has 0 bridgehead atoms. The number of anilines is 1. The standard InChI is InChI=1S/C13H15NOS/c14-13-3-1-11(2-4-13)9-15-7-5-12-6-8-16-10-12/h1-4,6,8,10H,5,7,9,14H2. The first kappa shape index (κ1) is 11.2. The lowest BCUT2D eigenvalue weighted by molar-refractivity contribution is 0.124. The summed E-state index contributed by atoms with van der Waals surface area (Å²) < 4.78 is 5.60. The van der Waals surface area contributed by atoms with Crippen LogP contribution < -0.4 is 5.73 Å². The molecule has 1 aromatic carbocycles. The summed E-state index contributed by atoms with van der Waals surface area (Å²) in [7, 11) is 0. The van der Waals surface area contributed by atoms with Crippen molar-refractivity contribution in [3.05, 3.63) is 52.2 Å². The molecule has 0 radical (unpaired) electrons. The number of hydrogen-bond donors (Lipinski definition) is 1. The maximum Gasteiger partial charge on any atom is 0.0717 e. The molecule has 1 aromatic heterocycles. The highest BCUT2D eigenvalue weighted by Crippen LogP contribution is 2.09. The molecule has 0 aliphatic carbocycles. The number of rotatable bonds is 5. The summed E-state index contributed by atoms with van der Waals surface area (Å²) in [6.07, 6.45) is 0.985. The van der Waals surface area contributed by atoms with Gasteiger partial charge in [-0.1, -0.05) is 12.1 Å². The fourth-order valence-electron chi connectivity index (χ4n) is 1.43. The quantitative estimate of drug-likeness (QED) is 0.636. The molecule has 2 nitrogen and oxygen atoms in total. The van der Waals surface area contributed by atoms with Gasteiger partial charge in [0.1, 0.15) is 0 Å². The van der Waals surface area contributed by atoms with Crippen LogP contribution in [-0.4, -0.2) is 6.61 Å². The van der Waals surface area contributed by atoms with Gasteiger partial charge in [-0.3, -0.25) is 0 Å². The van der Waals surface area contributed by atoms with Crippen LogP contribution in [0.5, 0.6) is 0 Å². The number of ether oxygens (including phenoxy) is 1. The Kier molecular flexibility index (Phi) is 3.97. The van der Waals surface area contributed by atoms with E-state index in [2.05, 4.69) is 16.8 Å². The Morgan fingerprint density at radius 2 is 1.88 bits per heavy atom. The number of benzene rings is 1. The lowest BCUT2D eigenvalue weighted by Crippen LogP contribution is -1.98. The zero-order valence-corrected chi connectivity index (χ0v) is 9.87. The summed E-state index contributed by atoms with van der Waals surface area (Å²) in [5.74, 6) is 0. The van der Waals surface area contributed by atoms with Gasteiger partial charge < -0.3 is 10.5 Å². The Hall–Kier alpha value is -1.32. The third-order valence-corrected chi connectivity index (χ3v) is 3.10. The molecule has 0 aliphatic heterocycles. The van der Waals surface area contributed by atoms with Gasteiger partial charge in [0.15, 0.2) is 0 Å². The van der Waals surface area contributed by atoms with E-state index in [1.165, 1.54) is 11.1 Å². The molecule has 0 amide bonds. The Balaban J connectivity index is 1.70. The number of hydrogen-bond acceptors (Lipinski definition) is 3. The minimum atomic E-state index is 0.657. The molecule has 2 N–H and O–H groups in total. The first-order chi connectivity index (χ1) is 7.84. The normalized spacial score (nSPS) is 10.5. The van der Waals surface area contributed by atoms with Crippen LogP contribution in [0.4, 0.5) is 5.69 Å². The number of nitrogen functional groups attached to an aromatic ring is 1. The van der Waals surface area contributed by atoms with E-state index in [1.807, 2.05) is 24.3 Å². The number of thiophene rings is 1. The highest BCUT2D eigenvalue weighted by atomic mass is 32.1. The molecule has 3 heteroatoms. The molecular formula is C13H15NOS. The lowest BCUT2D eigenvalue weighted by Gasteiger charge is -2.03. The van der Waals surface area contributed by atoms with Gasteiger partial charge in [0.25, 0.3) is 0 Å². The Morgan fingerprint density at radius 1 is 1.06 bits per heavy atom. The maximum absolute atomic E-state index is 5.61. The second-order valence-corrected chi connectivity index (χ2v) is 4.46. The van der Waals surface area contributed by atoms with Crippen molar-refractivity contribution in [2.75, 3.05) is 12.3 Å². The molecule has 0 unspecified atom stereocenters. The van der Waals surface area contributed by atoms with Gasteiger partial charge in [0.2, 0.25) is 0 Å². The van der Waals surface area contributed by atoms with Crippen LogP contribution in [0.25, 0.3) is 0 Å². The highest BCUT2D eigenvalue weighted by Gasteiger charge is 1.95. The van der Waals surface area contributed by atoms with Crippen molar-refractivity contribution in [3.8, 4) is 0 Å². The maximum atomic E-state index is 5.61. The van der Waals surface area contributed by atoms with Crippen LogP contribution in [0.1, 0.15) is 11.1 Å². The minimum Gasteiger partial charge on any atom is -0.399 e. The van der Waals surface area contributed by atoms with Crippen molar-refractivity contribution in [1.82, 2.24) is 0 Å². The molecule has 16 heavy (non-hydrogen) atoms. The topological polar surface area (TPSA) is 35.2 Å². The second kappa shape index (κ2) is 5.68. The molecule has 0 aliphatic rings. The largest absolute Gasteiger partial charge is 0.399 e. The summed E-state index contributed by atoms with van der Waals surface area (Å²) in [4.78, 5) is 0. The molecule has 2 rings (SSSR count). The molecule has 2 aromatic rings. The van der Waals surface area contributed by atoms with Gasteiger partial charge in [0, 0.05) is 5.69 Å². The van der Waals surface area contributed by atoms with E-state index in [4.69, 9.17) is 10.5 Å². The Labute approximate surface area is 99.7 Å². The van der Waals surface area contributed by atoms with Crippen LogP contribution in [-0.2, 0) is 17.8 Å². The number of nitrogens with two attached hydrogens (primary N) is 1. The van der Waals surface area contributed by atoms with Gasteiger partial charge in [0.05, 0.1) is 13.2 Å². The lowest BCUT2D eigenvalue weighted by atomic mass is 10.2. The van der Waals surface area contributed by atoms with E-state index >= 15 is 0 Å². The third-order valence-electron chi connectivity index (χ3n) is 2.36. The zero-order chi connectivity index (χ0) is 11.2. The van der Waals surface area contributed by atoms with Crippen molar-refractivity contribution in [1.29, 1.82) is 0 Å². The fraction of sp³-hybridized carbons (Fsp3) is 0.231. The van der Waals surface area contributed by atoms with Gasteiger partial charge in [-0.25, -0.2) is 0 Å². The minimum absolute atomic E-state index is 0.657. The summed E-state index contributed by atoms with van der Waals surface area (Å²) in [5.41, 5.74) is 8.92. The smallest absolute Gasteiger partial charge is 0.0717 e. The van der Waals surface area contributed by atoms with Gasteiger partial charge in [-0.05, 0) is 46.5 Å². The average molecular weight is 233 g/mol. The molecule has 0 atom stereocenters. The predicted octanol–water partition coefficient (Wildman–Crippen LogP) is 3.09. The molecule has 0 spiro atoms. The molecule has 84 valence electrons. The summed E-state index contributed by atoms with van der Waals surface area (Å²) in [6.45, 7) is 1.42. The summed E-state index contributed by atoms with van der Waals surface area (Å²) >= 11 is 1.73. The first-order valence-corrected chi connectivity index (χ1v) is 6.22. The van der Waals surface area contributed by atoms with E-state index < -0.39 is 0 Å². The van der Waals surface area contributed by atoms with Crippen LogP contribution in [0.3, 0.4) is 0 Å². The van der Waals surface area contributed by atoms with Crippen molar-refractivity contribution in [2.24, 2.45) is 0 Å². The summed E-state index contributed by atoms with van der Waals surface area (Å²) in [5, 5.41) is 4.25. The third kappa shape index (κ3) is 3.36. The van der Waals surface area contributed by atoms with E-state index in [0.29, 0.717) is 6.61 Å². The molecule has 0 saturated carbocycles. The van der Waals surface area contributed by atoms with Gasteiger partial charge in [-0.2, -0.15) is 11.3 Å². The molecule has 1 heterocycles. The molecule has 0 fully saturated rings. The average Bonchev–Trinajstić information content (AvgIpc) is 2.80. The van der Waals surface area contributed by atoms with Crippen molar-refractivity contribution >= 4 is 17.0 Å². The monoisotopic (exact) mass is 233 g/mol.